The van der Waals surface area contributed by atoms with Crippen molar-refractivity contribution >= 4 is 23.1 Å². The lowest BCUT2D eigenvalue weighted by Crippen LogP contribution is -2.31. The highest BCUT2D eigenvalue weighted by atomic mass is 19.1. The van der Waals surface area contributed by atoms with Crippen LogP contribution in [0.3, 0.4) is 0 Å². The van der Waals surface area contributed by atoms with E-state index < -0.39 is 17.6 Å². The van der Waals surface area contributed by atoms with E-state index in [1.54, 1.807) is 36.4 Å². The zero-order chi connectivity index (χ0) is 21.1. The molecule has 0 radical (unpaired) electrons. The lowest BCUT2D eigenvalue weighted by molar-refractivity contribution is -0.137. The topological polar surface area (TPSA) is 71.8 Å². The van der Waals surface area contributed by atoms with Crippen molar-refractivity contribution in [2.24, 2.45) is 0 Å². The summed E-state index contributed by atoms with van der Waals surface area (Å²) < 4.78 is 24.1. The Morgan fingerprint density at radius 2 is 1.73 bits per heavy atom. The van der Waals surface area contributed by atoms with E-state index in [9.17, 15) is 14.0 Å². The van der Waals surface area contributed by atoms with Crippen molar-refractivity contribution in [1.29, 1.82) is 0 Å². The van der Waals surface area contributed by atoms with E-state index in [-0.39, 0.29) is 17.8 Å². The molecule has 7 heteroatoms. The van der Waals surface area contributed by atoms with Crippen molar-refractivity contribution in [2.75, 3.05) is 11.9 Å². The number of anilines is 1. The highest BCUT2D eigenvalue weighted by Crippen LogP contribution is 2.32. The molecule has 1 N–H and O–H groups in total. The minimum atomic E-state index is -0.482. The molecule has 0 atom stereocenters. The Morgan fingerprint density at radius 1 is 1.00 bits per heavy atom. The van der Waals surface area contributed by atoms with Crippen LogP contribution in [0.5, 0.6) is 5.75 Å². The van der Waals surface area contributed by atoms with Crippen LogP contribution in [0.25, 0.3) is 5.57 Å². The molecule has 0 bridgehead atoms. The Bertz CT molecular complexity index is 1090. The van der Waals surface area contributed by atoms with Crippen LogP contribution in [0, 0.1) is 5.82 Å². The third kappa shape index (κ3) is 3.82. The number of ether oxygens (including phenoxy) is 1. The number of imide groups is 1. The van der Waals surface area contributed by atoms with Crippen molar-refractivity contribution in [3.8, 4) is 5.75 Å². The molecule has 152 valence electrons. The number of amides is 2. The molecule has 30 heavy (non-hydrogen) atoms. The molecule has 2 heterocycles. The van der Waals surface area contributed by atoms with Crippen LogP contribution in [0.4, 0.5) is 10.1 Å². The first kappa shape index (κ1) is 19.4. The number of halogens is 1. The van der Waals surface area contributed by atoms with Crippen molar-refractivity contribution in [2.45, 2.75) is 13.5 Å². The second kappa shape index (κ2) is 8.24. The van der Waals surface area contributed by atoms with Gasteiger partial charge in [0.1, 0.15) is 23.0 Å². The number of nitrogens with zero attached hydrogens (tertiary/aromatic N) is 1. The number of nitrogens with one attached hydrogen (secondary N) is 1. The normalized spacial score (nSPS) is 13.9. The van der Waals surface area contributed by atoms with Crippen molar-refractivity contribution in [3.05, 3.63) is 89.8 Å². The Balaban J connectivity index is 1.69. The summed E-state index contributed by atoms with van der Waals surface area (Å²) >= 11 is 0. The summed E-state index contributed by atoms with van der Waals surface area (Å²) in [5.41, 5.74) is 1.38. The number of rotatable bonds is 7. The van der Waals surface area contributed by atoms with Crippen LogP contribution in [0.2, 0.25) is 0 Å². The maximum Gasteiger partial charge on any atom is 0.278 e. The van der Waals surface area contributed by atoms with E-state index >= 15 is 0 Å². The maximum atomic E-state index is 13.4. The van der Waals surface area contributed by atoms with Gasteiger partial charge < -0.3 is 14.5 Å². The standard InChI is InChI=1S/C23H19FN2O4/c1-2-29-18-11-9-17(10-12-18)25-21-20(15-5-7-16(24)8-6-15)22(27)26(23(21)28)14-19-4-3-13-30-19/h3-13,25H,2,14H2,1H3. The molecule has 0 spiro atoms. The van der Waals surface area contributed by atoms with Crippen molar-refractivity contribution in [1.82, 2.24) is 4.90 Å². The van der Waals surface area contributed by atoms with Gasteiger partial charge in [-0.05, 0) is 61.0 Å². The molecule has 1 aliphatic heterocycles. The first-order chi connectivity index (χ1) is 14.6. The number of benzene rings is 2. The molecule has 0 aliphatic carbocycles. The van der Waals surface area contributed by atoms with Gasteiger partial charge in [0, 0.05) is 5.69 Å². The molecule has 4 rings (SSSR count). The first-order valence-corrected chi connectivity index (χ1v) is 9.45. The van der Waals surface area contributed by atoms with E-state index in [1.807, 2.05) is 6.92 Å². The molecule has 2 amide bonds. The van der Waals surface area contributed by atoms with Crippen molar-refractivity contribution < 1.29 is 23.1 Å². The fourth-order valence-corrected chi connectivity index (χ4v) is 3.22. The van der Waals surface area contributed by atoms with Crippen LogP contribution in [-0.2, 0) is 16.1 Å². The highest BCUT2D eigenvalue weighted by molar-refractivity contribution is 6.36. The zero-order valence-corrected chi connectivity index (χ0v) is 16.2. The maximum absolute atomic E-state index is 13.4. The Kier molecular flexibility index (Phi) is 5.34. The Labute approximate surface area is 172 Å². The summed E-state index contributed by atoms with van der Waals surface area (Å²) in [5, 5.41) is 3.05. The van der Waals surface area contributed by atoms with Gasteiger partial charge in [0.05, 0.1) is 25.0 Å². The van der Waals surface area contributed by atoms with Gasteiger partial charge in [0.2, 0.25) is 0 Å². The van der Waals surface area contributed by atoms with Crippen LogP contribution in [0.15, 0.2) is 77.0 Å². The van der Waals surface area contributed by atoms with E-state index in [0.717, 1.165) is 4.90 Å². The number of carbonyl (C=O) groups excluding carboxylic acids is 2. The average Bonchev–Trinajstić information content (AvgIpc) is 3.34. The van der Waals surface area contributed by atoms with Crippen LogP contribution < -0.4 is 10.1 Å². The largest absolute Gasteiger partial charge is 0.494 e. The second-order valence-electron chi connectivity index (χ2n) is 6.62. The van der Waals surface area contributed by atoms with Gasteiger partial charge in [0.25, 0.3) is 11.8 Å². The minimum Gasteiger partial charge on any atom is -0.494 e. The van der Waals surface area contributed by atoms with Gasteiger partial charge in [-0.25, -0.2) is 4.39 Å². The molecule has 0 saturated heterocycles. The lowest BCUT2D eigenvalue weighted by atomic mass is 10.0. The molecular weight excluding hydrogens is 387 g/mol. The molecule has 3 aromatic rings. The van der Waals surface area contributed by atoms with E-state index in [1.165, 1.54) is 30.5 Å². The fraction of sp³-hybridized carbons (Fsp3) is 0.130. The smallest absolute Gasteiger partial charge is 0.278 e. The predicted molar refractivity (Wildman–Crippen MR) is 109 cm³/mol. The summed E-state index contributed by atoms with van der Waals surface area (Å²) in [6.45, 7) is 2.44. The van der Waals surface area contributed by atoms with Crippen molar-refractivity contribution in [3.63, 3.8) is 0 Å². The Morgan fingerprint density at radius 3 is 2.37 bits per heavy atom. The van der Waals surface area contributed by atoms with Gasteiger partial charge in [-0.3, -0.25) is 14.5 Å². The summed E-state index contributed by atoms with van der Waals surface area (Å²) in [6.07, 6.45) is 1.48. The summed E-state index contributed by atoms with van der Waals surface area (Å²) in [4.78, 5) is 27.3. The minimum absolute atomic E-state index is 0.00379. The van der Waals surface area contributed by atoms with E-state index in [2.05, 4.69) is 5.32 Å². The molecule has 0 unspecified atom stereocenters. The van der Waals surface area contributed by atoms with Crippen LogP contribution >= 0.6 is 0 Å². The van der Waals surface area contributed by atoms with Gasteiger partial charge in [-0.2, -0.15) is 0 Å². The van der Waals surface area contributed by atoms with Gasteiger partial charge >= 0.3 is 0 Å². The molecule has 2 aromatic carbocycles. The number of furan rings is 1. The van der Waals surface area contributed by atoms with E-state index in [4.69, 9.17) is 9.15 Å². The Hall–Kier alpha value is -3.87. The quantitative estimate of drug-likeness (QED) is 0.595. The molecule has 0 saturated carbocycles. The molecule has 1 aromatic heterocycles. The molecular formula is C23H19FN2O4. The van der Waals surface area contributed by atoms with E-state index in [0.29, 0.717) is 29.4 Å². The number of carbonyl (C=O) groups is 2. The van der Waals surface area contributed by atoms with Gasteiger partial charge in [-0.1, -0.05) is 12.1 Å². The summed E-state index contributed by atoms with van der Waals surface area (Å²) in [7, 11) is 0. The molecule has 0 fully saturated rings. The van der Waals surface area contributed by atoms with Gasteiger partial charge in [-0.15, -0.1) is 0 Å². The van der Waals surface area contributed by atoms with Crippen LogP contribution in [0.1, 0.15) is 18.2 Å². The number of hydrogen-bond acceptors (Lipinski definition) is 5. The second-order valence-corrected chi connectivity index (χ2v) is 6.62. The average molecular weight is 406 g/mol. The predicted octanol–water partition coefficient (Wildman–Crippen LogP) is 4.21. The summed E-state index contributed by atoms with van der Waals surface area (Å²) in [6, 6.07) is 15.9. The monoisotopic (exact) mass is 406 g/mol. The summed E-state index contributed by atoms with van der Waals surface area (Å²) in [5.74, 6) is -0.202. The number of hydrogen-bond donors (Lipinski definition) is 1. The third-order valence-electron chi connectivity index (χ3n) is 4.63. The third-order valence-corrected chi connectivity index (χ3v) is 4.63. The van der Waals surface area contributed by atoms with Gasteiger partial charge in [0.15, 0.2) is 0 Å². The van der Waals surface area contributed by atoms with Crippen LogP contribution in [-0.4, -0.2) is 23.3 Å². The SMILES string of the molecule is CCOc1ccc(NC2=C(c3ccc(F)cc3)C(=O)N(Cc3ccco3)C2=O)cc1. The fourth-order valence-electron chi connectivity index (χ4n) is 3.22. The first-order valence-electron chi connectivity index (χ1n) is 9.45. The lowest BCUT2D eigenvalue weighted by Gasteiger charge is -2.13. The molecule has 6 nitrogen and oxygen atoms in total. The zero-order valence-electron chi connectivity index (χ0n) is 16.2. The molecule has 1 aliphatic rings. The highest BCUT2D eigenvalue weighted by Gasteiger charge is 2.39.